The second-order valence-corrected chi connectivity index (χ2v) is 6.66. The second kappa shape index (κ2) is 6.53. The number of sulfonamides is 1. The summed E-state index contributed by atoms with van der Waals surface area (Å²) in [6, 6.07) is 5.30. The predicted molar refractivity (Wildman–Crippen MR) is 71.1 cm³/mol. The molecular formula is C11H13N3O2S2. The smallest absolute Gasteiger partial charge is 0.228 e. The van der Waals surface area contributed by atoms with Crippen LogP contribution < -0.4 is 10.5 Å². The van der Waals surface area contributed by atoms with Gasteiger partial charge in [0.05, 0.1) is 17.5 Å². The molecule has 0 spiro atoms. The van der Waals surface area contributed by atoms with Crippen LogP contribution in [0.5, 0.6) is 0 Å². The summed E-state index contributed by atoms with van der Waals surface area (Å²) in [7, 11) is -3.58. The number of hydrogen-bond donors (Lipinski definition) is 2. The van der Waals surface area contributed by atoms with E-state index in [1.807, 2.05) is 6.07 Å². The van der Waals surface area contributed by atoms with E-state index in [-0.39, 0.29) is 6.54 Å². The van der Waals surface area contributed by atoms with Gasteiger partial charge in [-0.2, -0.15) is 5.26 Å². The van der Waals surface area contributed by atoms with Gasteiger partial charge in [-0.1, -0.05) is 11.8 Å². The number of nitrogens with zero attached hydrogens (tertiary/aromatic N) is 1. The first-order valence-electron chi connectivity index (χ1n) is 5.15. The minimum atomic E-state index is -3.58. The average molecular weight is 283 g/mol. The van der Waals surface area contributed by atoms with Crippen LogP contribution in [-0.2, 0) is 16.6 Å². The van der Waals surface area contributed by atoms with Gasteiger partial charge in [0.1, 0.15) is 0 Å². The fourth-order valence-corrected chi connectivity index (χ4v) is 2.70. The Labute approximate surface area is 111 Å². The summed E-state index contributed by atoms with van der Waals surface area (Å²) in [5.74, 6) is 5.59. The molecule has 0 amide bonds. The summed E-state index contributed by atoms with van der Waals surface area (Å²) in [6.07, 6.45) is 0. The number of nitriles is 1. The molecule has 1 aromatic rings. The second-order valence-electron chi connectivity index (χ2n) is 3.41. The maximum atomic E-state index is 11.5. The topological polar surface area (TPSA) is 96.0 Å². The fourth-order valence-electron chi connectivity index (χ4n) is 1.04. The van der Waals surface area contributed by atoms with Crippen molar-refractivity contribution < 1.29 is 8.42 Å². The first-order valence-corrected chi connectivity index (χ1v) is 7.51. The molecule has 1 unspecified atom stereocenters. The van der Waals surface area contributed by atoms with Crippen LogP contribution in [-0.4, -0.2) is 20.2 Å². The van der Waals surface area contributed by atoms with Crippen LogP contribution in [0.1, 0.15) is 16.7 Å². The summed E-state index contributed by atoms with van der Waals surface area (Å²) >= 11 is 1.39. The molecule has 0 aliphatic heterocycles. The monoisotopic (exact) mass is 283 g/mol. The first kappa shape index (κ1) is 14.7. The van der Waals surface area contributed by atoms with E-state index < -0.39 is 15.3 Å². The maximum absolute atomic E-state index is 11.5. The zero-order valence-electron chi connectivity index (χ0n) is 9.80. The molecule has 1 rings (SSSR count). The van der Waals surface area contributed by atoms with Crippen LogP contribution in [0.4, 0.5) is 0 Å². The van der Waals surface area contributed by atoms with Gasteiger partial charge in [-0.25, -0.2) is 13.1 Å². The molecule has 3 N–H and O–H groups in total. The minimum absolute atomic E-state index is 0.170. The van der Waals surface area contributed by atoms with E-state index in [9.17, 15) is 8.42 Å². The molecule has 0 fully saturated rings. The van der Waals surface area contributed by atoms with Crippen LogP contribution >= 0.6 is 11.3 Å². The van der Waals surface area contributed by atoms with Crippen molar-refractivity contribution in [1.82, 2.24) is 4.72 Å². The SMILES string of the molecule is CC(C#N)S(=O)(=O)NCc1ccc(C#CCN)s1. The van der Waals surface area contributed by atoms with Gasteiger partial charge in [0.2, 0.25) is 10.0 Å². The van der Waals surface area contributed by atoms with Crippen molar-refractivity contribution in [1.29, 1.82) is 5.26 Å². The number of thiophene rings is 1. The van der Waals surface area contributed by atoms with E-state index in [0.29, 0.717) is 6.54 Å². The highest BCUT2D eigenvalue weighted by atomic mass is 32.2. The van der Waals surface area contributed by atoms with Gasteiger partial charge < -0.3 is 5.73 Å². The van der Waals surface area contributed by atoms with Crippen LogP contribution in [0.3, 0.4) is 0 Å². The van der Waals surface area contributed by atoms with Gasteiger partial charge in [0, 0.05) is 11.4 Å². The summed E-state index contributed by atoms with van der Waals surface area (Å²) in [4.78, 5) is 1.67. The summed E-state index contributed by atoms with van der Waals surface area (Å²) < 4.78 is 25.5. The Morgan fingerprint density at radius 2 is 2.28 bits per heavy atom. The summed E-state index contributed by atoms with van der Waals surface area (Å²) in [6.45, 7) is 1.80. The fraction of sp³-hybridized carbons (Fsp3) is 0.364. The molecule has 5 nitrogen and oxygen atoms in total. The van der Waals surface area contributed by atoms with Crippen molar-refractivity contribution in [3.8, 4) is 17.9 Å². The minimum Gasteiger partial charge on any atom is -0.320 e. The molecule has 7 heteroatoms. The third-order valence-electron chi connectivity index (χ3n) is 2.07. The third-order valence-corrected chi connectivity index (χ3v) is 4.65. The van der Waals surface area contributed by atoms with Crippen LogP contribution in [0.15, 0.2) is 12.1 Å². The Morgan fingerprint density at radius 1 is 1.56 bits per heavy atom. The lowest BCUT2D eigenvalue weighted by atomic mass is 10.4. The van der Waals surface area contributed by atoms with Gasteiger partial charge in [-0.3, -0.25) is 0 Å². The molecule has 0 bridgehead atoms. The molecule has 96 valence electrons. The molecular weight excluding hydrogens is 270 g/mol. The molecule has 18 heavy (non-hydrogen) atoms. The van der Waals surface area contributed by atoms with Gasteiger partial charge >= 0.3 is 0 Å². The molecule has 0 saturated carbocycles. The third kappa shape index (κ3) is 4.13. The molecule has 0 aromatic carbocycles. The van der Waals surface area contributed by atoms with E-state index >= 15 is 0 Å². The largest absolute Gasteiger partial charge is 0.320 e. The van der Waals surface area contributed by atoms with Crippen molar-refractivity contribution in [3.63, 3.8) is 0 Å². The molecule has 0 radical (unpaired) electrons. The summed E-state index contributed by atoms with van der Waals surface area (Å²) in [5, 5.41) is 7.51. The van der Waals surface area contributed by atoms with Gasteiger partial charge in [-0.15, -0.1) is 11.3 Å². The first-order chi connectivity index (χ1) is 8.49. The van der Waals surface area contributed by atoms with Gasteiger partial charge in [0.25, 0.3) is 0 Å². The zero-order valence-corrected chi connectivity index (χ0v) is 11.4. The van der Waals surface area contributed by atoms with Crippen LogP contribution in [0.2, 0.25) is 0 Å². The lowest BCUT2D eigenvalue weighted by Gasteiger charge is -2.05. The van der Waals surface area contributed by atoms with Gasteiger partial charge in [-0.05, 0) is 19.1 Å². The Hall–Kier alpha value is -1.38. The molecule has 0 aliphatic rings. The number of hydrogen-bond acceptors (Lipinski definition) is 5. The Kier molecular flexibility index (Phi) is 5.32. The Bertz CT molecular complexity index is 602. The van der Waals surface area contributed by atoms with Crippen molar-refractivity contribution in [2.24, 2.45) is 5.73 Å². The molecule has 1 heterocycles. The maximum Gasteiger partial charge on any atom is 0.228 e. The van der Waals surface area contributed by atoms with Crippen LogP contribution in [0.25, 0.3) is 0 Å². The molecule has 1 aromatic heterocycles. The standard InChI is InChI=1S/C11H13N3O2S2/c1-9(7-13)18(15,16)14-8-11-5-4-10(17-11)3-2-6-12/h4-5,9,14H,6,8,12H2,1H3. The van der Waals surface area contributed by atoms with E-state index in [4.69, 9.17) is 11.0 Å². The Balaban J connectivity index is 2.65. The van der Waals surface area contributed by atoms with Crippen molar-refractivity contribution >= 4 is 21.4 Å². The highest BCUT2D eigenvalue weighted by Gasteiger charge is 2.19. The number of rotatable bonds is 4. The number of nitrogens with two attached hydrogens (primary N) is 1. The van der Waals surface area contributed by atoms with Crippen molar-refractivity contribution in [2.45, 2.75) is 18.7 Å². The zero-order chi connectivity index (χ0) is 13.6. The Morgan fingerprint density at radius 3 is 2.89 bits per heavy atom. The molecule has 0 saturated heterocycles. The van der Waals surface area contributed by atoms with Gasteiger partial charge in [0.15, 0.2) is 5.25 Å². The molecule has 1 atom stereocenters. The number of nitrogens with one attached hydrogen (secondary N) is 1. The normalized spacial score (nSPS) is 12.3. The van der Waals surface area contributed by atoms with E-state index in [1.165, 1.54) is 18.3 Å². The highest BCUT2D eigenvalue weighted by molar-refractivity contribution is 7.90. The summed E-state index contributed by atoms with van der Waals surface area (Å²) in [5.41, 5.74) is 5.26. The van der Waals surface area contributed by atoms with E-state index in [2.05, 4.69) is 16.6 Å². The van der Waals surface area contributed by atoms with E-state index in [1.54, 1.807) is 12.1 Å². The quantitative estimate of drug-likeness (QED) is 0.781. The van der Waals surface area contributed by atoms with Crippen LogP contribution in [0, 0.1) is 23.2 Å². The molecule has 0 aliphatic carbocycles. The van der Waals surface area contributed by atoms with Crippen molar-refractivity contribution in [3.05, 3.63) is 21.9 Å². The lowest BCUT2D eigenvalue weighted by Crippen LogP contribution is -2.30. The van der Waals surface area contributed by atoms with Crippen molar-refractivity contribution in [2.75, 3.05) is 6.54 Å². The lowest BCUT2D eigenvalue weighted by molar-refractivity contribution is 0.577. The van der Waals surface area contributed by atoms with E-state index in [0.717, 1.165) is 9.75 Å². The average Bonchev–Trinajstić information content (AvgIpc) is 2.81. The predicted octanol–water partition coefficient (Wildman–Crippen LogP) is 0.390. The highest BCUT2D eigenvalue weighted by Crippen LogP contribution is 2.15.